The minimum Gasteiger partial charge on any atom is -0.486 e. The Bertz CT molecular complexity index is 1160. The molecule has 0 unspecified atom stereocenters. The molecular formula is C23H19NO7. The molecule has 0 fully saturated rings. The van der Waals surface area contributed by atoms with E-state index in [1.54, 1.807) is 55.5 Å². The van der Waals surface area contributed by atoms with Crippen LogP contribution in [-0.4, -0.2) is 23.9 Å². The Morgan fingerprint density at radius 3 is 2.68 bits per heavy atom. The summed E-state index contributed by atoms with van der Waals surface area (Å²) in [4.78, 5) is 22.9. The van der Waals surface area contributed by atoms with Gasteiger partial charge in [0, 0.05) is 17.2 Å². The Morgan fingerprint density at radius 2 is 1.90 bits per heavy atom. The SMILES string of the molecule is Cc1cc(OCc2ccc(/C=C/C(=O)c3ccc4c(c3)OCCO4)o2)ccc1[N+](=O)[O-]. The van der Waals surface area contributed by atoms with Gasteiger partial charge >= 0.3 is 0 Å². The number of carbonyl (C=O) groups excluding carboxylic acids is 1. The van der Waals surface area contributed by atoms with Crippen LogP contribution in [0.25, 0.3) is 6.08 Å². The molecule has 0 amide bonds. The Balaban J connectivity index is 1.36. The van der Waals surface area contributed by atoms with Crippen molar-refractivity contribution < 1.29 is 28.3 Å². The van der Waals surface area contributed by atoms with Gasteiger partial charge in [-0.3, -0.25) is 14.9 Å². The van der Waals surface area contributed by atoms with Crippen molar-refractivity contribution in [2.75, 3.05) is 13.2 Å². The van der Waals surface area contributed by atoms with Crippen molar-refractivity contribution in [1.82, 2.24) is 0 Å². The average Bonchev–Trinajstić information content (AvgIpc) is 3.23. The van der Waals surface area contributed by atoms with Crippen LogP contribution in [0.3, 0.4) is 0 Å². The number of rotatable bonds is 7. The Kier molecular flexibility index (Phi) is 5.70. The third-order valence-electron chi connectivity index (χ3n) is 4.65. The van der Waals surface area contributed by atoms with Crippen LogP contribution in [0, 0.1) is 17.0 Å². The lowest BCUT2D eigenvalue weighted by Gasteiger charge is -2.18. The number of furan rings is 1. The molecule has 2 aromatic carbocycles. The van der Waals surface area contributed by atoms with E-state index in [-0.39, 0.29) is 18.1 Å². The molecule has 1 aliphatic rings. The fraction of sp³-hybridized carbons (Fsp3) is 0.174. The second kappa shape index (κ2) is 8.74. The molecule has 0 radical (unpaired) electrons. The standard InChI is InChI=1S/C23H19NO7/c1-15-12-18(5-7-20(15)24(26)27)30-14-19-4-3-17(31-19)6-8-21(25)16-2-9-22-23(13-16)29-11-10-28-22/h2-9,12-13H,10-11,14H2,1H3/b8-6+. The summed E-state index contributed by atoms with van der Waals surface area (Å²) in [5.41, 5.74) is 1.05. The molecule has 8 heteroatoms. The fourth-order valence-corrected chi connectivity index (χ4v) is 3.09. The van der Waals surface area contributed by atoms with E-state index in [2.05, 4.69) is 0 Å². The van der Waals surface area contributed by atoms with E-state index in [4.69, 9.17) is 18.6 Å². The van der Waals surface area contributed by atoms with Crippen LogP contribution in [0.15, 0.2) is 59.0 Å². The number of hydrogen-bond donors (Lipinski definition) is 0. The lowest BCUT2D eigenvalue weighted by atomic mass is 10.1. The van der Waals surface area contributed by atoms with Crippen LogP contribution in [0.1, 0.15) is 27.4 Å². The molecule has 4 rings (SSSR count). The Morgan fingerprint density at radius 1 is 1.10 bits per heavy atom. The second-order valence-electron chi connectivity index (χ2n) is 6.85. The molecule has 1 aromatic heterocycles. The number of nitro groups is 1. The van der Waals surface area contributed by atoms with Gasteiger partial charge in [0.25, 0.3) is 5.69 Å². The van der Waals surface area contributed by atoms with Crippen molar-refractivity contribution in [3.05, 3.63) is 87.4 Å². The first-order valence-corrected chi connectivity index (χ1v) is 9.58. The van der Waals surface area contributed by atoms with Gasteiger partial charge in [0.2, 0.25) is 0 Å². The number of fused-ring (bicyclic) bond motifs is 1. The van der Waals surface area contributed by atoms with E-state index < -0.39 is 4.92 Å². The zero-order valence-electron chi connectivity index (χ0n) is 16.7. The summed E-state index contributed by atoms with van der Waals surface area (Å²) in [7, 11) is 0. The maximum absolute atomic E-state index is 12.4. The number of nitrogens with zero attached hydrogens (tertiary/aromatic N) is 1. The van der Waals surface area contributed by atoms with Gasteiger partial charge in [-0.2, -0.15) is 0 Å². The molecule has 0 N–H and O–H groups in total. The average molecular weight is 421 g/mol. The molecule has 31 heavy (non-hydrogen) atoms. The highest BCUT2D eigenvalue weighted by atomic mass is 16.6. The first-order chi connectivity index (χ1) is 15.0. The third-order valence-corrected chi connectivity index (χ3v) is 4.65. The van der Waals surface area contributed by atoms with E-state index in [1.807, 2.05) is 0 Å². The number of carbonyl (C=O) groups is 1. The summed E-state index contributed by atoms with van der Waals surface area (Å²) in [5.74, 6) is 2.57. The topological polar surface area (TPSA) is 101 Å². The predicted molar refractivity (Wildman–Crippen MR) is 112 cm³/mol. The second-order valence-corrected chi connectivity index (χ2v) is 6.85. The number of nitro benzene ring substituents is 1. The van der Waals surface area contributed by atoms with E-state index >= 15 is 0 Å². The smallest absolute Gasteiger partial charge is 0.272 e. The summed E-state index contributed by atoms with van der Waals surface area (Å²) in [5, 5.41) is 10.9. The summed E-state index contributed by atoms with van der Waals surface area (Å²) < 4.78 is 22.3. The predicted octanol–water partition coefficient (Wildman–Crippen LogP) is 4.74. The lowest BCUT2D eigenvalue weighted by Crippen LogP contribution is -2.15. The van der Waals surface area contributed by atoms with Crippen LogP contribution in [-0.2, 0) is 6.61 Å². The molecule has 0 saturated heterocycles. The Labute approximate surface area is 177 Å². The van der Waals surface area contributed by atoms with Crippen LogP contribution < -0.4 is 14.2 Å². The molecule has 8 nitrogen and oxygen atoms in total. The van der Waals surface area contributed by atoms with Crippen molar-refractivity contribution >= 4 is 17.5 Å². The van der Waals surface area contributed by atoms with Crippen molar-refractivity contribution in [3.63, 3.8) is 0 Å². The number of ketones is 1. The number of benzene rings is 2. The number of allylic oxidation sites excluding steroid dienone is 1. The summed E-state index contributed by atoms with van der Waals surface area (Å²) in [6, 6.07) is 13.1. The summed E-state index contributed by atoms with van der Waals surface area (Å²) >= 11 is 0. The first kappa shape index (κ1) is 20.2. The van der Waals surface area contributed by atoms with Crippen molar-refractivity contribution in [2.45, 2.75) is 13.5 Å². The van der Waals surface area contributed by atoms with E-state index in [0.717, 1.165) is 0 Å². The highest BCUT2D eigenvalue weighted by molar-refractivity contribution is 6.07. The van der Waals surface area contributed by atoms with Crippen molar-refractivity contribution in [2.24, 2.45) is 0 Å². The highest BCUT2D eigenvalue weighted by Crippen LogP contribution is 2.31. The molecule has 158 valence electrons. The molecule has 2 heterocycles. The lowest BCUT2D eigenvalue weighted by molar-refractivity contribution is -0.385. The third kappa shape index (κ3) is 4.75. The summed E-state index contributed by atoms with van der Waals surface area (Å²) in [6.45, 7) is 2.76. The minimum atomic E-state index is -0.434. The number of ether oxygens (including phenoxy) is 3. The van der Waals surface area contributed by atoms with Gasteiger partial charge in [-0.15, -0.1) is 0 Å². The van der Waals surface area contributed by atoms with E-state index in [1.165, 1.54) is 12.1 Å². The molecule has 0 aliphatic carbocycles. The van der Waals surface area contributed by atoms with Crippen molar-refractivity contribution in [3.8, 4) is 17.2 Å². The highest BCUT2D eigenvalue weighted by Gasteiger charge is 2.14. The number of aryl methyl sites for hydroxylation is 1. The number of hydrogen-bond acceptors (Lipinski definition) is 7. The molecule has 3 aromatic rings. The van der Waals surface area contributed by atoms with E-state index in [9.17, 15) is 14.9 Å². The van der Waals surface area contributed by atoms with Crippen LogP contribution in [0.5, 0.6) is 17.2 Å². The normalized spacial score (nSPS) is 12.7. The van der Waals surface area contributed by atoms with Gasteiger partial charge in [0.1, 0.15) is 37.1 Å². The monoisotopic (exact) mass is 421 g/mol. The van der Waals surface area contributed by atoms with Crippen molar-refractivity contribution in [1.29, 1.82) is 0 Å². The molecule has 0 saturated carbocycles. The maximum Gasteiger partial charge on any atom is 0.272 e. The molecule has 1 aliphatic heterocycles. The first-order valence-electron chi connectivity index (χ1n) is 9.58. The molecule has 0 atom stereocenters. The summed E-state index contributed by atoms with van der Waals surface area (Å²) in [6.07, 6.45) is 3.01. The Hall–Kier alpha value is -4.07. The fourth-order valence-electron chi connectivity index (χ4n) is 3.09. The molecule has 0 spiro atoms. The van der Waals surface area contributed by atoms with Gasteiger partial charge in [0.15, 0.2) is 17.3 Å². The molecule has 0 bridgehead atoms. The zero-order chi connectivity index (χ0) is 21.8. The van der Waals surface area contributed by atoms with Gasteiger partial charge in [-0.25, -0.2) is 0 Å². The zero-order valence-corrected chi connectivity index (χ0v) is 16.7. The minimum absolute atomic E-state index is 0.0421. The maximum atomic E-state index is 12.4. The van der Waals surface area contributed by atoms with E-state index in [0.29, 0.717) is 53.1 Å². The molecular weight excluding hydrogens is 402 g/mol. The van der Waals surface area contributed by atoms with Crippen LogP contribution in [0.2, 0.25) is 0 Å². The van der Waals surface area contributed by atoms with Gasteiger partial charge < -0.3 is 18.6 Å². The van der Waals surface area contributed by atoms with Gasteiger partial charge in [0.05, 0.1) is 4.92 Å². The quantitative estimate of drug-likeness (QED) is 0.235. The van der Waals surface area contributed by atoms with Crippen LogP contribution >= 0.6 is 0 Å². The van der Waals surface area contributed by atoms with Gasteiger partial charge in [-0.1, -0.05) is 0 Å². The van der Waals surface area contributed by atoms with Crippen LogP contribution in [0.4, 0.5) is 5.69 Å². The largest absolute Gasteiger partial charge is 0.486 e. The van der Waals surface area contributed by atoms with Gasteiger partial charge in [-0.05, 0) is 61.5 Å².